The fourth-order valence-electron chi connectivity index (χ4n) is 0.406. The molecular weight excluding hydrogens is 213 g/mol. The second-order valence-corrected chi connectivity index (χ2v) is 1.27. The zero-order valence-electron chi connectivity index (χ0n) is 4.37. The molecule has 0 fully saturated rings. The standard InChI is InChI=1S/C6H7N.HI/c1-2-4-6-7-5-3-1;/h1-7H;1H. The minimum Gasteiger partial charge on any atom is -0.368 e. The van der Waals surface area contributed by atoms with Crippen LogP contribution in [-0.4, -0.2) is 0 Å². The Morgan fingerprint density at radius 3 is 1.75 bits per heavy atom. The van der Waals surface area contributed by atoms with E-state index in [-0.39, 0.29) is 24.0 Å². The summed E-state index contributed by atoms with van der Waals surface area (Å²) in [6, 6.07) is 0. The Hall–Kier alpha value is -0.250. The fourth-order valence-corrected chi connectivity index (χ4v) is 0.406. The summed E-state index contributed by atoms with van der Waals surface area (Å²) in [5.41, 5.74) is 0. The van der Waals surface area contributed by atoms with Crippen LogP contribution in [0, 0.1) is 0 Å². The lowest BCUT2D eigenvalue weighted by atomic mass is 10.5. The lowest BCUT2D eigenvalue weighted by Crippen LogP contribution is -1.87. The van der Waals surface area contributed by atoms with E-state index < -0.39 is 0 Å². The van der Waals surface area contributed by atoms with E-state index in [4.69, 9.17) is 0 Å². The molecule has 0 amide bonds. The van der Waals surface area contributed by atoms with Crippen LogP contribution in [0.4, 0.5) is 0 Å². The van der Waals surface area contributed by atoms with Crippen LogP contribution in [0.15, 0.2) is 36.7 Å². The molecule has 0 aliphatic carbocycles. The van der Waals surface area contributed by atoms with Gasteiger partial charge in [-0.05, 0) is 12.2 Å². The van der Waals surface area contributed by atoms with Crippen LogP contribution in [0.2, 0.25) is 0 Å². The van der Waals surface area contributed by atoms with E-state index in [9.17, 15) is 0 Å². The van der Waals surface area contributed by atoms with Crippen molar-refractivity contribution in [1.29, 1.82) is 0 Å². The van der Waals surface area contributed by atoms with E-state index in [0.717, 1.165) is 0 Å². The monoisotopic (exact) mass is 221 g/mol. The van der Waals surface area contributed by atoms with Crippen molar-refractivity contribution in [1.82, 2.24) is 5.32 Å². The molecule has 8 heavy (non-hydrogen) atoms. The number of rotatable bonds is 0. The summed E-state index contributed by atoms with van der Waals surface area (Å²) in [6.07, 6.45) is 11.6. The first-order valence-electron chi connectivity index (χ1n) is 2.24. The van der Waals surface area contributed by atoms with Gasteiger partial charge in [-0.15, -0.1) is 24.0 Å². The Bertz CT molecular complexity index is 110. The summed E-state index contributed by atoms with van der Waals surface area (Å²) < 4.78 is 0. The Morgan fingerprint density at radius 2 is 1.25 bits per heavy atom. The summed E-state index contributed by atoms with van der Waals surface area (Å²) in [5.74, 6) is 0. The normalized spacial score (nSPS) is 14.0. The molecule has 44 valence electrons. The number of nitrogens with one attached hydrogen (secondary N) is 1. The third kappa shape index (κ3) is 2.85. The SMILES string of the molecule is C1=CC=CNC=C1.I. The van der Waals surface area contributed by atoms with E-state index in [1.807, 2.05) is 36.7 Å². The van der Waals surface area contributed by atoms with E-state index in [1.165, 1.54) is 0 Å². The molecule has 0 aromatic rings. The largest absolute Gasteiger partial charge is 0.368 e. The zero-order valence-corrected chi connectivity index (χ0v) is 6.70. The summed E-state index contributed by atoms with van der Waals surface area (Å²) in [4.78, 5) is 0. The van der Waals surface area contributed by atoms with Gasteiger partial charge in [0.2, 0.25) is 0 Å². The van der Waals surface area contributed by atoms with E-state index >= 15 is 0 Å². The third-order valence-electron chi connectivity index (χ3n) is 0.718. The van der Waals surface area contributed by atoms with Gasteiger partial charge in [-0.2, -0.15) is 0 Å². The van der Waals surface area contributed by atoms with E-state index in [1.54, 1.807) is 0 Å². The maximum atomic E-state index is 2.92. The minimum absolute atomic E-state index is 0. The first-order valence-corrected chi connectivity index (χ1v) is 2.24. The predicted octanol–water partition coefficient (Wildman–Crippen LogP) is 1.79. The quantitative estimate of drug-likeness (QED) is 0.615. The Morgan fingerprint density at radius 1 is 0.750 bits per heavy atom. The van der Waals surface area contributed by atoms with Gasteiger partial charge >= 0.3 is 0 Å². The maximum absolute atomic E-state index is 2.92. The lowest BCUT2D eigenvalue weighted by Gasteiger charge is -1.79. The molecule has 0 saturated carbocycles. The third-order valence-corrected chi connectivity index (χ3v) is 0.718. The lowest BCUT2D eigenvalue weighted by molar-refractivity contribution is 1.20. The molecule has 0 aromatic heterocycles. The van der Waals surface area contributed by atoms with Crippen LogP contribution in [0.1, 0.15) is 0 Å². The molecular formula is C6H8IN. The summed E-state index contributed by atoms with van der Waals surface area (Å²) >= 11 is 0. The molecule has 0 atom stereocenters. The number of hydrogen-bond donors (Lipinski definition) is 1. The van der Waals surface area contributed by atoms with Crippen LogP contribution >= 0.6 is 24.0 Å². The van der Waals surface area contributed by atoms with E-state index in [0.29, 0.717) is 0 Å². The first-order chi connectivity index (χ1) is 3.50. The highest BCUT2D eigenvalue weighted by Gasteiger charge is 1.67. The molecule has 0 bridgehead atoms. The smallest absolute Gasteiger partial charge is 0.000442 e. The van der Waals surface area contributed by atoms with Gasteiger partial charge in [0.05, 0.1) is 0 Å². The molecule has 0 saturated heterocycles. The molecule has 0 radical (unpaired) electrons. The Kier molecular flexibility index (Phi) is 4.75. The van der Waals surface area contributed by atoms with Gasteiger partial charge in [-0.25, -0.2) is 0 Å². The first kappa shape index (κ1) is 7.75. The van der Waals surface area contributed by atoms with Crippen molar-refractivity contribution in [2.75, 3.05) is 0 Å². The average Bonchev–Trinajstić information content (AvgIpc) is 1.90. The van der Waals surface area contributed by atoms with E-state index in [2.05, 4.69) is 5.32 Å². The molecule has 1 nitrogen and oxygen atoms in total. The highest BCUT2D eigenvalue weighted by atomic mass is 127. The van der Waals surface area contributed by atoms with Gasteiger partial charge in [0.1, 0.15) is 0 Å². The second kappa shape index (κ2) is 4.90. The molecule has 0 spiro atoms. The zero-order chi connectivity index (χ0) is 4.95. The molecule has 1 aliphatic heterocycles. The molecule has 1 aliphatic rings. The molecule has 0 unspecified atom stereocenters. The molecule has 0 aromatic carbocycles. The van der Waals surface area contributed by atoms with Gasteiger partial charge in [-0.1, -0.05) is 12.2 Å². The minimum atomic E-state index is 0. The van der Waals surface area contributed by atoms with Gasteiger partial charge < -0.3 is 5.32 Å². The highest BCUT2D eigenvalue weighted by molar-refractivity contribution is 14.0. The van der Waals surface area contributed by atoms with Crippen molar-refractivity contribution in [3.8, 4) is 0 Å². The number of halogens is 1. The van der Waals surface area contributed by atoms with Crippen molar-refractivity contribution >= 4 is 24.0 Å². The van der Waals surface area contributed by atoms with Crippen LogP contribution in [0.25, 0.3) is 0 Å². The van der Waals surface area contributed by atoms with Gasteiger partial charge in [0, 0.05) is 12.4 Å². The van der Waals surface area contributed by atoms with Gasteiger partial charge in [0.25, 0.3) is 0 Å². The van der Waals surface area contributed by atoms with Crippen LogP contribution in [-0.2, 0) is 0 Å². The van der Waals surface area contributed by atoms with Crippen molar-refractivity contribution in [2.45, 2.75) is 0 Å². The summed E-state index contributed by atoms with van der Waals surface area (Å²) in [7, 11) is 0. The Labute approximate surface area is 66.2 Å². The topological polar surface area (TPSA) is 12.0 Å². The molecule has 1 rings (SSSR count). The highest BCUT2D eigenvalue weighted by Crippen LogP contribution is 1.81. The van der Waals surface area contributed by atoms with Crippen LogP contribution < -0.4 is 5.32 Å². The average molecular weight is 221 g/mol. The van der Waals surface area contributed by atoms with Crippen molar-refractivity contribution in [3.63, 3.8) is 0 Å². The second-order valence-electron chi connectivity index (χ2n) is 1.27. The number of allylic oxidation sites excluding steroid dienone is 4. The fraction of sp³-hybridized carbons (Fsp3) is 0. The Balaban J connectivity index is 0.000000490. The van der Waals surface area contributed by atoms with Crippen LogP contribution in [0.5, 0.6) is 0 Å². The summed E-state index contributed by atoms with van der Waals surface area (Å²) in [6.45, 7) is 0. The molecule has 2 heteroatoms. The van der Waals surface area contributed by atoms with Gasteiger partial charge in [-0.3, -0.25) is 0 Å². The molecule has 1 heterocycles. The van der Waals surface area contributed by atoms with Crippen LogP contribution in [0.3, 0.4) is 0 Å². The number of hydrogen-bond acceptors (Lipinski definition) is 1. The van der Waals surface area contributed by atoms with Crippen molar-refractivity contribution in [2.24, 2.45) is 0 Å². The van der Waals surface area contributed by atoms with Crippen molar-refractivity contribution < 1.29 is 0 Å². The molecule has 1 N–H and O–H groups in total. The van der Waals surface area contributed by atoms with Gasteiger partial charge in [0.15, 0.2) is 0 Å². The maximum Gasteiger partial charge on any atom is 0.000442 e. The predicted molar refractivity (Wildman–Crippen MR) is 46.0 cm³/mol. The van der Waals surface area contributed by atoms with Crippen molar-refractivity contribution in [3.05, 3.63) is 36.7 Å². The summed E-state index contributed by atoms with van der Waals surface area (Å²) in [5, 5.41) is 2.92.